The summed E-state index contributed by atoms with van der Waals surface area (Å²) in [6.45, 7) is 3.06. The topological polar surface area (TPSA) is 82.9 Å². The number of aromatic nitrogens is 1. The van der Waals surface area contributed by atoms with Crippen molar-refractivity contribution in [3.05, 3.63) is 36.0 Å². The lowest BCUT2D eigenvalue weighted by Gasteiger charge is -2.39. The molecule has 3 heterocycles. The molecule has 1 unspecified atom stereocenters. The third kappa shape index (κ3) is 2.95. The zero-order chi connectivity index (χ0) is 20.1. The van der Waals surface area contributed by atoms with Gasteiger partial charge in [-0.3, -0.25) is 9.59 Å². The number of carbonyl (C=O) groups excluding carboxylic acids is 2. The number of benzene rings is 1. The van der Waals surface area contributed by atoms with E-state index in [-0.39, 0.29) is 17.2 Å². The maximum absolute atomic E-state index is 13.1. The molecule has 7 heteroatoms. The van der Waals surface area contributed by atoms with Crippen LogP contribution in [0.1, 0.15) is 36.7 Å². The molecule has 7 nitrogen and oxygen atoms in total. The van der Waals surface area contributed by atoms with Crippen LogP contribution in [0, 0.1) is 5.41 Å². The molecule has 1 spiro atoms. The van der Waals surface area contributed by atoms with Crippen molar-refractivity contribution >= 4 is 28.7 Å². The third-order valence-electron chi connectivity index (χ3n) is 6.48. The van der Waals surface area contributed by atoms with Gasteiger partial charge >= 0.3 is 5.97 Å². The van der Waals surface area contributed by atoms with E-state index in [1.165, 1.54) is 11.8 Å². The van der Waals surface area contributed by atoms with Gasteiger partial charge in [0.2, 0.25) is 5.91 Å². The van der Waals surface area contributed by atoms with Gasteiger partial charge in [0, 0.05) is 44.5 Å². The molecule has 2 aromatic rings. The van der Waals surface area contributed by atoms with Gasteiger partial charge in [-0.05, 0) is 36.8 Å². The third-order valence-corrected chi connectivity index (χ3v) is 6.48. The number of fused-ring (bicyclic) bond motifs is 1. The van der Waals surface area contributed by atoms with Crippen molar-refractivity contribution in [2.75, 3.05) is 19.6 Å². The number of aryl methyl sites for hydroxylation is 1. The Morgan fingerprint density at radius 1 is 1.14 bits per heavy atom. The van der Waals surface area contributed by atoms with Crippen LogP contribution in [0.2, 0.25) is 0 Å². The number of hydrogen-bond donors (Lipinski definition) is 1. The summed E-state index contributed by atoms with van der Waals surface area (Å²) in [5.74, 6) is -1.14. The number of carboxylic acid groups (broad SMARTS) is 1. The molecule has 2 amide bonds. The first-order valence-electron chi connectivity index (χ1n) is 9.65. The van der Waals surface area contributed by atoms with Crippen molar-refractivity contribution in [1.82, 2.24) is 14.4 Å². The lowest BCUT2D eigenvalue weighted by Crippen LogP contribution is -2.45. The molecule has 28 heavy (non-hydrogen) atoms. The van der Waals surface area contributed by atoms with Gasteiger partial charge in [-0.1, -0.05) is 18.2 Å². The molecule has 0 radical (unpaired) electrons. The Bertz CT molecular complexity index is 932. The number of nitrogens with zero attached hydrogens (tertiary/aromatic N) is 3. The molecular weight excluding hydrogens is 358 g/mol. The van der Waals surface area contributed by atoms with E-state index in [9.17, 15) is 19.5 Å². The van der Waals surface area contributed by atoms with E-state index in [1.54, 1.807) is 0 Å². The molecule has 148 valence electrons. The predicted molar refractivity (Wildman–Crippen MR) is 104 cm³/mol. The van der Waals surface area contributed by atoms with Crippen LogP contribution in [0.5, 0.6) is 0 Å². The van der Waals surface area contributed by atoms with Crippen LogP contribution in [0.4, 0.5) is 0 Å². The number of hydrogen-bond acceptors (Lipinski definition) is 3. The Kier molecular flexibility index (Phi) is 4.40. The van der Waals surface area contributed by atoms with Gasteiger partial charge in [-0.2, -0.15) is 0 Å². The highest BCUT2D eigenvalue weighted by Gasteiger charge is 2.49. The summed E-state index contributed by atoms with van der Waals surface area (Å²) in [4.78, 5) is 39.8. The second kappa shape index (κ2) is 6.65. The molecule has 2 aliphatic rings. The number of para-hydroxylation sites is 1. The number of piperidine rings is 1. The first kappa shape index (κ1) is 18.5. The van der Waals surface area contributed by atoms with Crippen LogP contribution >= 0.6 is 0 Å². The minimum Gasteiger partial charge on any atom is -0.480 e. The van der Waals surface area contributed by atoms with Gasteiger partial charge in [0.1, 0.15) is 11.7 Å². The average molecular weight is 383 g/mol. The Hall–Kier alpha value is -2.83. The molecule has 2 saturated heterocycles. The Balaban J connectivity index is 1.49. The number of carbonyl (C=O) groups is 3. The number of rotatable bonds is 2. The molecule has 0 bridgehead atoms. The second-order valence-electron chi connectivity index (χ2n) is 8.14. The fourth-order valence-corrected chi connectivity index (χ4v) is 4.81. The summed E-state index contributed by atoms with van der Waals surface area (Å²) in [7, 11) is 1.90. The van der Waals surface area contributed by atoms with E-state index >= 15 is 0 Å². The SMILES string of the molecule is CC(=O)N1CC2(CCN(C(=O)c3cc4ccccc4n3C)CC2)CC1C(=O)O. The monoisotopic (exact) mass is 383 g/mol. The fourth-order valence-electron chi connectivity index (χ4n) is 4.81. The molecule has 2 fully saturated rings. The van der Waals surface area contributed by atoms with Crippen molar-refractivity contribution in [3.8, 4) is 0 Å². The van der Waals surface area contributed by atoms with Crippen LogP contribution in [-0.4, -0.2) is 62.9 Å². The molecule has 1 aromatic carbocycles. The highest BCUT2D eigenvalue weighted by atomic mass is 16.4. The molecule has 1 aromatic heterocycles. The molecule has 1 N–H and O–H groups in total. The van der Waals surface area contributed by atoms with Gasteiger partial charge < -0.3 is 19.5 Å². The summed E-state index contributed by atoms with van der Waals surface area (Å²) >= 11 is 0. The van der Waals surface area contributed by atoms with E-state index in [2.05, 4.69) is 0 Å². The molecule has 2 aliphatic heterocycles. The maximum atomic E-state index is 13.1. The van der Waals surface area contributed by atoms with E-state index in [0.29, 0.717) is 31.7 Å². The largest absolute Gasteiger partial charge is 0.480 e. The summed E-state index contributed by atoms with van der Waals surface area (Å²) < 4.78 is 1.93. The fraction of sp³-hybridized carbons (Fsp3) is 0.476. The minimum absolute atomic E-state index is 0.00440. The second-order valence-corrected chi connectivity index (χ2v) is 8.14. The lowest BCUT2D eigenvalue weighted by atomic mass is 9.76. The highest BCUT2D eigenvalue weighted by Crippen LogP contribution is 2.43. The normalized spacial score (nSPS) is 21.4. The van der Waals surface area contributed by atoms with Crippen molar-refractivity contribution < 1.29 is 19.5 Å². The zero-order valence-electron chi connectivity index (χ0n) is 16.2. The first-order chi connectivity index (χ1) is 13.3. The molecule has 4 rings (SSSR count). The minimum atomic E-state index is -0.943. The summed E-state index contributed by atoms with van der Waals surface area (Å²) in [5, 5.41) is 10.5. The highest BCUT2D eigenvalue weighted by molar-refractivity contribution is 5.98. The van der Waals surface area contributed by atoms with E-state index in [1.807, 2.05) is 46.8 Å². The maximum Gasteiger partial charge on any atom is 0.326 e. The van der Waals surface area contributed by atoms with E-state index in [0.717, 1.165) is 23.7 Å². The van der Waals surface area contributed by atoms with Gasteiger partial charge in [-0.25, -0.2) is 4.79 Å². The number of likely N-dealkylation sites (tertiary alicyclic amines) is 2. The zero-order valence-corrected chi connectivity index (χ0v) is 16.2. The van der Waals surface area contributed by atoms with Crippen LogP contribution < -0.4 is 0 Å². The van der Waals surface area contributed by atoms with Crippen molar-refractivity contribution in [2.24, 2.45) is 12.5 Å². The summed E-state index contributed by atoms with van der Waals surface area (Å²) in [5.41, 5.74) is 1.48. The lowest BCUT2D eigenvalue weighted by molar-refractivity contribution is -0.147. The average Bonchev–Trinajstić information content (AvgIpc) is 3.21. The van der Waals surface area contributed by atoms with Crippen molar-refractivity contribution in [1.29, 1.82) is 0 Å². The number of carboxylic acids is 1. The van der Waals surface area contributed by atoms with Gasteiger partial charge in [0.15, 0.2) is 0 Å². The van der Waals surface area contributed by atoms with Crippen LogP contribution in [0.15, 0.2) is 30.3 Å². The standard InChI is InChI=1S/C21H25N3O4/c1-14(25)24-13-21(12-18(24)20(27)28)7-9-23(10-8-21)19(26)17-11-15-5-3-4-6-16(15)22(17)2/h3-6,11,18H,7-10,12-13H2,1-2H3,(H,27,28). The van der Waals surface area contributed by atoms with Crippen molar-refractivity contribution in [3.63, 3.8) is 0 Å². The Morgan fingerprint density at radius 3 is 2.39 bits per heavy atom. The van der Waals surface area contributed by atoms with E-state index in [4.69, 9.17) is 0 Å². The van der Waals surface area contributed by atoms with Crippen LogP contribution in [0.25, 0.3) is 10.9 Å². The first-order valence-corrected chi connectivity index (χ1v) is 9.65. The molecule has 0 saturated carbocycles. The summed E-state index contributed by atoms with van der Waals surface area (Å²) in [6.07, 6.45) is 1.91. The Morgan fingerprint density at radius 2 is 1.82 bits per heavy atom. The summed E-state index contributed by atoms with van der Waals surface area (Å²) in [6, 6.07) is 9.09. The smallest absolute Gasteiger partial charge is 0.326 e. The van der Waals surface area contributed by atoms with E-state index < -0.39 is 12.0 Å². The van der Waals surface area contributed by atoms with Gasteiger partial charge in [-0.15, -0.1) is 0 Å². The molecule has 1 atom stereocenters. The Labute approximate surface area is 163 Å². The van der Waals surface area contributed by atoms with Crippen LogP contribution in [-0.2, 0) is 16.6 Å². The quantitative estimate of drug-likeness (QED) is 0.861. The van der Waals surface area contributed by atoms with Crippen molar-refractivity contribution in [2.45, 2.75) is 32.2 Å². The number of aliphatic carboxylic acids is 1. The van der Waals surface area contributed by atoms with Crippen LogP contribution in [0.3, 0.4) is 0 Å². The molecular formula is C21H25N3O4. The number of amides is 2. The molecule has 0 aliphatic carbocycles. The van der Waals surface area contributed by atoms with Gasteiger partial charge in [0.05, 0.1) is 0 Å². The predicted octanol–water partition coefficient (Wildman–Crippen LogP) is 2.11. The van der Waals surface area contributed by atoms with Gasteiger partial charge in [0.25, 0.3) is 5.91 Å².